The second-order valence-corrected chi connectivity index (χ2v) is 6.73. The smallest absolute Gasteiger partial charge is 0.0451 e. The van der Waals surface area contributed by atoms with Crippen LogP contribution in [0.5, 0.6) is 0 Å². The molecule has 19 heavy (non-hydrogen) atoms. The van der Waals surface area contributed by atoms with E-state index < -0.39 is 0 Å². The molecule has 0 radical (unpaired) electrons. The largest absolute Gasteiger partial charge is 0.296 e. The van der Waals surface area contributed by atoms with Gasteiger partial charge >= 0.3 is 0 Å². The first-order valence-electron chi connectivity index (χ1n) is 7.28. The first kappa shape index (κ1) is 15.2. The summed E-state index contributed by atoms with van der Waals surface area (Å²) in [6.07, 6.45) is 6.30. The topological polar surface area (TPSA) is 3.24 Å². The maximum absolute atomic E-state index is 6.28. The number of rotatable bonds is 4. The number of alkyl halides is 1. The van der Waals surface area contributed by atoms with E-state index in [1.807, 2.05) is 12.1 Å². The first-order valence-corrected chi connectivity index (χ1v) is 8.10. The highest BCUT2D eigenvalue weighted by Crippen LogP contribution is 2.25. The normalized spacial score (nSPS) is 23.0. The lowest BCUT2D eigenvalue weighted by molar-refractivity contribution is 0.181. The van der Waals surface area contributed by atoms with Crippen molar-refractivity contribution in [3.63, 3.8) is 0 Å². The lowest BCUT2D eigenvalue weighted by atomic mass is 10.0. The highest BCUT2D eigenvalue weighted by Gasteiger charge is 2.22. The highest BCUT2D eigenvalue weighted by atomic mass is 35.5. The van der Waals surface area contributed by atoms with Crippen LogP contribution in [-0.2, 0) is 6.54 Å². The van der Waals surface area contributed by atoms with Crippen LogP contribution >= 0.6 is 23.2 Å². The van der Waals surface area contributed by atoms with Crippen LogP contribution in [-0.4, -0.2) is 22.9 Å². The summed E-state index contributed by atoms with van der Waals surface area (Å²) in [5.41, 5.74) is 1.23. The van der Waals surface area contributed by atoms with Gasteiger partial charge in [0.15, 0.2) is 0 Å². The van der Waals surface area contributed by atoms with Crippen LogP contribution in [0.4, 0.5) is 0 Å². The van der Waals surface area contributed by atoms with Crippen molar-refractivity contribution in [3.8, 4) is 0 Å². The Morgan fingerprint density at radius 1 is 1.26 bits per heavy atom. The van der Waals surface area contributed by atoms with E-state index in [4.69, 9.17) is 23.2 Å². The predicted molar refractivity (Wildman–Crippen MR) is 84.1 cm³/mol. The second kappa shape index (κ2) is 7.52. The van der Waals surface area contributed by atoms with Crippen molar-refractivity contribution in [3.05, 3.63) is 34.9 Å². The van der Waals surface area contributed by atoms with E-state index in [-0.39, 0.29) is 5.38 Å². The lowest BCUT2D eigenvalue weighted by Crippen LogP contribution is -2.35. The third-order valence-electron chi connectivity index (χ3n) is 3.93. The molecule has 1 aliphatic rings. The molecule has 1 aliphatic heterocycles. The maximum Gasteiger partial charge on any atom is 0.0451 e. The molecule has 3 heteroatoms. The molecule has 1 nitrogen and oxygen atoms in total. The number of benzene rings is 1. The van der Waals surface area contributed by atoms with Crippen LogP contribution in [0.25, 0.3) is 0 Å². The molecule has 0 saturated carbocycles. The third kappa shape index (κ3) is 4.66. The quantitative estimate of drug-likeness (QED) is 0.699. The van der Waals surface area contributed by atoms with Crippen molar-refractivity contribution < 1.29 is 0 Å². The van der Waals surface area contributed by atoms with Gasteiger partial charge in [-0.25, -0.2) is 0 Å². The van der Waals surface area contributed by atoms with Crippen molar-refractivity contribution in [2.75, 3.05) is 6.54 Å². The van der Waals surface area contributed by atoms with Crippen LogP contribution < -0.4 is 0 Å². The molecule has 1 aromatic carbocycles. The lowest BCUT2D eigenvalue weighted by Gasteiger charge is -2.31. The van der Waals surface area contributed by atoms with Gasteiger partial charge in [0.2, 0.25) is 0 Å². The van der Waals surface area contributed by atoms with Crippen LogP contribution in [0, 0.1) is 0 Å². The second-order valence-electron chi connectivity index (χ2n) is 5.58. The van der Waals surface area contributed by atoms with Crippen LogP contribution in [0.2, 0.25) is 5.02 Å². The van der Waals surface area contributed by atoms with Gasteiger partial charge in [-0.3, -0.25) is 4.90 Å². The van der Waals surface area contributed by atoms with Gasteiger partial charge in [-0.15, -0.1) is 11.6 Å². The summed E-state index contributed by atoms with van der Waals surface area (Å²) in [5, 5.41) is 1.13. The molecule has 0 amide bonds. The molecule has 0 aromatic heterocycles. The average Bonchev–Trinajstić information content (AvgIpc) is 2.58. The standard InChI is InChI=1S/C16H23Cl2N/c1-13(17)11-15-8-3-2-6-10-19(15)12-14-7-4-5-9-16(14)18/h4-5,7,9,13,15H,2-3,6,8,10-12H2,1H3. The number of hydrogen-bond acceptors (Lipinski definition) is 1. The summed E-state index contributed by atoms with van der Waals surface area (Å²) in [4.78, 5) is 2.58. The van der Waals surface area contributed by atoms with Gasteiger partial charge in [0.1, 0.15) is 0 Å². The predicted octanol–water partition coefficient (Wildman–Crippen LogP) is 5.10. The molecule has 2 atom stereocenters. The van der Waals surface area contributed by atoms with Gasteiger partial charge in [0, 0.05) is 23.0 Å². The van der Waals surface area contributed by atoms with E-state index in [2.05, 4.69) is 24.0 Å². The fraction of sp³-hybridized carbons (Fsp3) is 0.625. The van der Waals surface area contributed by atoms with Crippen molar-refractivity contribution in [1.29, 1.82) is 0 Å². The minimum absolute atomic E-state index is 0.247. The fourth-order valence-corrected chi connectivity index (χ4v) is 3.33. The zero-order chi connectivity index (χ0) is 13.7. The monoisotopic (exact) mass is 299 g/mol. The number of nitrogens with zero attached hydrogens (tertiary/aromatic N) is 1. The van der Waals surface area contributed by atoms with Crippen LogP contribution in [0.3, 0.4) is 0 Å². The van der Waals surface area contributed by atoms with Gasteiger partial charge in [-0.1, -0.05) is 42.6 Å². The van der Waals surface area contributed by atoms with E-state index in [0.29, 0.717) is 6.04 Å². The molecule has 0 spiro atoms. The molecular weight excluding hydrogens is 277 g/mol. The highest BCUT2D eigenvalue weighted by molar-refractivity contribution is 6.31. The van der Waals surface area contributed by atoms with Crippen LogP contribution in [0.15, 0.2) is 24.3 Å². The van der Waals surface area contributed by atoms with Gasteiger partial charge < -0.3 is 0 Å². The molecule has 2 unspecified atom stereocenters. The van der Waals surface area contributed by atoms with Crippen molar-refractivity contribution in [1.82, 2.24) is 4.90 Å². The van der Waals surface area contributed by atoms with Crippen molar-refractivity contribution in [2.24, 2.45) is 0 Å². The van der Waals surface area contributed by atoms with Gasteiger partial charge in [0.25, 0.3) is 0 Å². The van der Waals surface area contributed by atoms with Gasteiger partial charge in [-0.2, -0.15) is 0 Å². The van der Waals surface area contributed by atoms with E-state index in [0.717, 1.165) is 18.0 Å². The minimum atomic E-state index is 0.247. The number of hydrogen-bond donors (Lipinski definition) is 0. The minimum Gasteiger partial charge on any atom is -0.296 e. The van der Waals surface area contributed by atoms with Crippen molar-refractivity contribution in [2.45, 2.75) is 57.0 Å². The Morgan fingerprint density at radius 2 is 2.05 bits per heavy atom. The first-order chi connectivity index (χ1) is 9.16. The Morgan fingerprint density at radius 3 is 2.79 bits per heavy atom. The van der Waals surface area contributed by atoms with Gasteiger partial charge in [-0.05, 0) is 44.4 Å². The van der Waals surface area contributed by atoms with Crippen LogP contribution in [0.1, 0.15) is 44.6 Å². The molecule has 106 valence electrons. The molecule has 1 aromatic rings. The zero-order valence-electron chi connectivity index (χ0n) is 11.6. The Labute approximate surface area is 126 Å². The summed E-state index contributed by atoms with van der Waals surface area (Å²) in [6, 6.07) is 8.78. The number of likely N-dealkylation sites (tertiary alicyclic amines) is 1. The Kier molecular flexibility index (Phi) is 6.00. The maximum atomic E-state index is 6.28. The molecule has 1 fully saturated rings. The molecular formula is C16H23Cl2N. The molecule has 0 bridgehead atoms. The Bertz CT molecular complexity index is 392. The van der Waals surface area contributed by atoms with E-state index in [1.54, 1.807) is 0 Å². The molecule has 1 saturated heterocycles. The molecule has 1 heterocycles. The fourth-order valence-electron chi connectivity index (χ4n) is 2.93. The summed E-state index contributed by atoms with van der Waals surface area (Å²) in [7, 11) is 0. The summed E-state index contributed by atoms with van der Waals surface area (Å²) in [5.74, 6) is 0. The van der Waals surface area contributed by atoms with E-state index in [9.17, 15) is 0 Å². The SMILES string of the molecule is CC(Cl)CC1CCCCCN1Cc1ccccc1Cl. The molecule has 0 N–H and O–H groups in total. The summed E-state index contributed by atoms with van der Waals surface area (Å²) in [6.45, 7) is 4.22. The van der Waals surface area contributed by atoms with Gasteiger partial charge in [0.05, 0.1) is 0 Å². The zero-order valence-corrected chi connectivity index (χ0v) is 13.1. The average molecular weight is 300 g/mol. The number of halogens is 2. The Hall–Kier alpha value is -0.240. The summed E-state index contributed by atoms with van der Waals surface area (Å²) < 4.78 is 0. The molecule has 2 rings (SSSR count). The third-order valence-corrected chi connectivity index (χ3v) is 4.47. The van der Waals surface area contributed by atoms with E-state index in [1.165, 1.54) is 37.8 Å². The summed E-state index contributed by atoms with van der Waals surface area (Å²) >= 11 is 12.5. The van der Waals surface area contributed by atoms with E-state index >= 15 is 0 Å². The Balaban J connectivity index is 2.07. The molecule has 0 aliphatic carbocycles. The van der Waals surface area contributed by atoms with Crippen molar-refractivity contribution >= 4 is 23.2 Å².